The fourth-order valence-corrected chi connectivity index (χ4v) is 4.76. The number of nitrogens with zero attached hydrogens (tertiary/aromatic N) is 1. The topological polar surface area (TPSA) is 46.6 Å². The van der Waals surface area contributed by atoms with E-state index >= 15 is 0 Å². The molecule has 0 amide bonds. The van der Waals surface area contributed by atoms with Crippen LogP contribution in [0.1, 0.15) is 4.88 Å². The standard InChI is InChI=1S/C13H14ClNO3S2/c1-9-12(8-13(14)19-9)20(16,17)15(2)10-5-4-6-11(7-10)18-3/h4-8H,1-3H3. The van der Waals surface area contributed by atoms with Crippen LogP contribution in [-0.2, 0) is 10.0 Å². The Bertz CT molecular complexity index is 725. The van der Waals surface area contributed by atoms with Crippen LogP contribution >= 0.6 is 22.9 Å². The number of ether oxygens (including phenoxy) is 1. The zero-order valence-electron chi connectivity index (χ0n) is 11.3. The van der Waals surface area contributed by atoms with Crippen molar-refractivity contribution in [2.45, 2.75) is 11.8 Å². The Hall–Kier alpha value is -1.24. The van der Waals surface area contributed by atoms with Gasteiger partial charge in [0.05, 0.1) is 17.1 Å². The summed E-state index contributed by atoms with van der Waals surface area (Å²) >= 11 is 7.14. The van der Waals surface area contributed by atoms with E-state index in [-0.39, 0.29) is 4.90 Å². The molecule has 4 nitrogen and oxygen atoms in total. The second-order valence-electron chi connectivity index (χ2n) is 4.14. The van der Waals surface area contributed by atoms with Crippen molar-refractivity contribution < 1.29 is 13.2 Å². The monoisotopic (exact) mass is 331 g/mol. The molecule has 0 aliphatic rings. The van der Waals surface area contributed by atoms with Crippen molar-refractivity contribution in [3.05, 3.63) is 39.5 Å². The van der Waals surface area contributed by atoms with Crippen LogP contribution < -0.4 is 9.04 Å². The van der Waals surface area contributed by atoms with Gasteiger partial charge in [-0.2, -0.15) is 0 Å². The van der Waals surface area contributed by atoms with E-state index in [1.807, 2.05) is 0 Å². The van der Waals surface area contributed by atoms with E-state index < -0.39 is 10.0 Å². The first-order chi connectivity index (χ1) is 9.36. The quantitative estimate of drug-likeness (QED) is 0.860. The van der Waals surface area contributed by atoms with Crippen LogP contribution in [0.25, 0.3) is 0 Å². The Morgan fingerprint density at radius 1 is 1.30 bits per heavy atom. The van der Waals surface area contributed by atoms with Gasteiger partial charge >= 0.3 is 0 Å². The molecule has 0 fully saturated rings. The highest BCUT2D eigenvalue weighted by Crippen LogP contribution is 2.33. The predicted octanol–water partition coefficient (Wildman–Crippen LogP) is 3.54. The number of sulfonamides is 1. The number of rotatable bonds is 4. The summed E-state index contributed by atoms with van der Waals surface area (Å²) in [7, 11) is -0.576. The van der Waals surface area contributed by atoms with E-state index in [0.29, 0.717) is 20.7 Å². The minimum atomic E-state index is -3.62. The van der Waals surface area contributed by atoms with Gasteiger partial charge in [-0.3, -0.25) is 4.31 Å². The zero-order valence-corrected chi connectivity index (χ0v) is 13.6. The third-order valence-corrected chi connectivity index (χ3v) is 6.12. The van der Waals surface area contributed by atoms with Gasteiger partial charge in [0.1, 0.15) is 10.6 Å². The van der Waals surface area contributed by atoms with Crippen LogP contribution in [-0.4, -0.2) is 22.6 Å². The third kappa shape index (κ3) is 2.77. The summed E-state index contributed by atoms with van der Waals surface area (Å²) in [4.78, 5) is 0.905. The summed E-state index contributed by atoms with van der Waals surface area (Å²) < 4.78 is 32.0. The van der Waals surface area contributed by atoms with E-state index in [4.69, 9.17) is 16.3 Å². The average molecular weight is 332 g/mol. The van der Waals surface area contributed by atoms with Crippen LogP contribution in [0.3, 0.4) is 0 Å². The average Bonchev–Trinajstić information content (AvgIpc) is 2.77. The van der Waals surface area contributed by atoms with E-state index in [1.165, 1.54) is 35.9 Å². The zero-order chi connectivity index (χ0) is 14.9. The lowest BCUT2D eigenvalue weighted by atomic mass is 10.3. The summed E-state index contributed by atoms with van der Waals surface area (Å²) in [5.74, 6) is 0.602. The Balaban J connectivity index is 2.45. The molecule has 0 N–H and O–H groups in total. The van der Waals surface area contributed by atoms with Gasteiger partial charge in [-0.15, -0.1) is 11.3 Å². The van der Waals surface area contributed by atoms with Gasteiger partial charge in [0.25, 0.3) is 10.0 Å². The van der Waals surface area contributed by atoms with E-state index in [0.717, 1.165) is 0 Å². The molecule has 0 saturated heterocycles. The van der Waals surface area contributed by atoms with Gasteiger partial charge in [-0.1, -0.05) is 17.7 Å². The molecule has 0 aliphatic carbocycles. The van der Waals surface area contributed by atoms with Crippen molar-refractivity contribution in [1.29, 1.82) is 0 Å². The third-order valence-electron chi connectivity index (χ3n) is 2.90. The summed E-state index contributed by atoms with van der Waals surface area (Å²) in [6, 6.07) is 8.36. The van der Waals surface area contributed by atoms with Crippen molar-refractivity contribution in [2.24, 2.45) is 0 Å². The Morgan fingerprint density at radius 3 is 2.55 bits per heavy atom. The number of methoxy groups -OCH3 is 1. The Labute approximate surface area is 127 Å². The molecular weight excluding hydrogens is 318 g/mol. The molecule has 20 heavy (non-hydrogen) atoms. The second kappa shape index (κ2) is 5.63. The van der Waals surface area contributed by atoms with Gasteiger partial charge in [-0.05, 0) is 25.1 Å². The molecule has 0 atom stereocenters. The lowest BCUT2D eigenvalue weighted by molar-refractivity contribution is 0.415. The van der Waals surface area contributed by atoms with Gasteiger partial charge < -0.3 is 4.74 Å². The number of hydrogen-bond acceptors (Lipinski definition) is 4. The highest BCUT2D eigenvalue weighted by molar-refractivity contribution is 7.93. The molecule has 1 heterocycles. The minimum Gasteiger partial charge on any atom is -0.497 e. The van der Waals surface area contributed by atoms with Gasteiger partial charge in [0.2, 0.25) is 0 Å². The summed E-state index contributed by atoms with van der Waals surface area (Å²) in [6.07, 6.45) is 0. The molecule has 0 unspecified atom stereocenters. The SMILES string of the molecule is COc1cccc(N(C)S(=O)(=O)c2cc(Cl)sc2C)c1. The summed E-state index contributed by atoms with van der Waals surface area (Å²) in [5, 5.41) is 0. The Morgan fingerprint density at radius 2 is 2.00 bits per heavy atom. The molecule has 0 bridgehead atoms. The van der Waals surface area contributed by atoms with Gasteiger partial charge in [0, 0.05) is 18.0 Å². The first kappa shape index (κ1) is 15.2. The van der Waals surface area contributed by atoms with Crippen molar-refractivity contribution in [3.8, 4) is 5.75 Å². The Kier molecular flexibility index (Phi) is 4.27. The summed E-state index contributed by atoms with van der Waals surface area (Å²) in [6.45, 7) is 1.74. The first-order valence-electron chi connectivity index (χ1n) is 5.75. The fourth-order valence-electron chi connectivity index (χ4n) is 1.78. The van der Waals surface area contributed by atoms with E-state index in [2.05, 4.69) is 0 Å². The van der Waals surface area contributed by atoms with Crippen molar-refractivity contribution in [1.82, 2.24) is 0 Å². The molecule has 0 aliphatic heterocycles. The lowest BCUT2D eigenvalue weighted by Crippen LogP contribution is -2.26. The van der Waals surface area contributed by atoms with Crippen molar-refractivity contribution >= 4 is 38.6 Å². The number of thiophene rings is 1. The fraction of sp³-hybridized carbons (Fsp3) is 0.231. The summed E-state index contributed by atoms with van der Waals surface area (Å²) in [5.41, 5.74) is 0.533. The predicted molar refractivity (Wildman–Crippen MR) is 82.6 cm³/mol. The van der Waals surface area contributed by atoms with Crippen molar-refractivity contribution in [2.75, 3.05) is 18.5 Å². The number of halogens is 1. The van der Waals surface area contributed by atoms with Crippen LogP contribution in [0.15, 0.2) is 35.2 Å². The molecule has 1 aromatic carbocycles. The largest absolute Gasteiger partial charge is 0.497 e. The normalized spacial score (nSPS) is 11.4. The number of anilines is 1. The second-order valence-corrected chi connectivity index (χ2v) is 7.97. The number of benzene rings is 1. The maximum absolute atomic E-state index is 12.6. The van der Waals surface area contributed by atoms with Crippen LogP contribution in [0, 0.1) is 6.92 Å². The molecule has 2 rings (SSSR count). The first-order valence-corrected chi connectivity index (χ1v) is 8.38. The lowest BCUT2D eigenvalue weighted by Gasteiger charge is -2.19. The van der Waals surface area contributed by atoms with E-state index in [1.54, 1.807) is 31.2 Å². The highest BCUT2D eigenvalue weighted by atomic mass is 35.5. The molecule has 0 spiro atoms. The van der Waals surface area contributed by atoms with Crippen LogP contribution in [0.5, 0.6) is 5.75 Å². The smallest absolute Gasteiger partial charge is 0.265 e. The van der Waals surface area contributed by atoms with Gasteiger partial charge in [0.15, 0.2) is 0 Å². The molecule has 2 aromatic rings. The molecule has 0 saturated carbocycles. The number of hydrogen-bond donors (Lipinski definition) is 0. The van der Waals surface area contributed by atoms with Crippen LogP contribution in [0.4, 0.5) is 5.69 Å². The highest BCUT2D eigenvalue weighted by Gasteiger charge is 2.25. The van der Waals surface area contributed by atoms with Crippen LogP contribution in [0.2, 0.25) is 4.34 Å². The molecule has 1 aromatic heterocycles. The van der Waals surface area contributed by atoms with E-state index in [9.17, 15) is 8.42 Å². The molecule has 108 valence electrons. The molecular formula is C13H14ClNO3S2. The minimum absolute atomic E-state index is 0.234. The maximum Gasteiger partial charge on any atom is 0.265 e. The van der Waals surface area contributed by atoms with Gasteiger partial charge in [-0.25, -0.2) is 8.42 Å². The molecule has 7 heteroatoms. The van der Waals surface area contributed by atoms with Crippen molar-refractivity contribution in [3.63, 3.8) is 0 Å². The number of aryl methyl sites for hydroxylation is 1. The molecule has 0 radical (unpaired) electrons. The maximum atomic E-state index is 12.6.